The molecule has 0 aliphatic rings. The van der Waals surface area contributed by atoms with Gasteiger partial charge in [-0.3, -0.25) is 4.68 Å². The molecule has 2 aromatic rings. The summed E-state index contributed by atoms with van der Waals surface area (Å²) in [7, 11) is 4.03. The second-order valence-electron chi connectivity index (χ2n) is 4.83. The number of hydrogen-bond acceptors (Lipinski definition) is 3. The lowest BCUT2D eigenvalue weighted by Gasteiger charge is -2.17. The van der Waals surface area contributed by atoms with Gasteiger partial charge in [0.05, 0.1) is 0 Å². The van der Waals surface area contributed by atoms with Crippen LogP contribution in [-0.4, -0.2) is 22.6 Å². The quantitative estimate of drug-likeness (QED) is 0.792. The molecule has 0 radical (unpaired) electrons. The van der Waals surface area contributed by atoms with Crippen LogP contribution in [0.3, 0.4) is 0 Å². The van der Waals surface area contributed by atoms with Crippen molar-refractivity contribution in [1.29, 1.82) is 0 Å². The molecule has 1 aromatic carbocycles. The minimum Gasteiger partial charge on any atom is -0.313 e. The average molecular weight is 289 g/mol. The molecule has 4 heteroatoms. The molecule has 0 saturated heterocycles. The average Bonchev–Trinajstić information content (AvgIpc) is 2.87. The SMILES string of the molecule is CCSc1ccc(C(CCc2ccnn2C)NC)cc1. The second-order valence-corrected chi connectivity index (χ2v) is 6.17. The third-order valence-electron chi connectivity index (χ3n) is 3.55. The molecular formula is C16H23N3S. The topological polar surface area (TPSA) is 29.9 Å². The first-order chi connectivity index (χ1) is 9.74. The van der Waals surface area contributed by atoms with Gasteiger partial charge in [0.25, 0.3) is 0 Å². The van der Waals surface area contributed by atoms with E-state index in [9.17, 15) is 0 Å². The van der Waals surface area contributed by atoms with Crippen molar-refractivity contribution in [3.63, 3.8) is 0 Å². The third kappa shape index (κ3) is 3.87. The number of nitrogens with one attached hydrogen (secondary N) is 1. The molecule has 0 aliphatic heterocycles. The Kier molecular flexibility index (Phi) is 5.68. The van der Waals surface area contributed by atoms with Gasteiger partial charge in [-0.1, -0.05) is 19.1 Å². The molecule has 0 spiro atoms. The maximum Gasteiger partial charge on any atom is 0.0492 e. The van der Waals surface area contributed by atoms with Crippen LogP contribution in [0.2, 0.25) is 0 Å². The Balaban J connectivity index is 1.98. The van der Waals surface area contributed by atoms with Crippen molar-refractivity contribution >= 4 is 11.8 Å². The monoisotopic (exact) mass is 289 g/mol. The van der Waals surface area contributed by atoms with Crippen molar-refractivity contribution < 1.29 is 0 Å². The highest BCUT2D eigenvalue weighted by Gasteiger charge is 2.10. The summed E-state index contributed by atoms with van der Waals surface area (Å²) >= 11 is 1.88. The molecule has 1 heterocycles. The molecule has 0 bridgehead atoms. The van der Waals surface area contributed by atoms with Crippen molar-refractivity contribution in [2.75, 3.05) is 12.8 Å². The molecule has 108 valence electrons. The van der Waals surface area contributed by atoms with Gasteiger partial charge in [-0.2, -0.15) is 5.10 Å². The Bertz CT molecular complexity index is 519. The highest BCUT2D eigenvalue weighted by molar-refractivity contribution is 7.99. The number of aryl methyl sites for hydroxylation is 2. The van der Waals surface area contributed by atoms with Gasteiger partial charge < -0.3 is 5.32 Å². The normalized spacial score (nSPS) is 12.6. The van der Waals surface area contributed by atoms with E-state index < -0.39 is 0 Å². The van der Waals surface area contributed by atoms with Gasteiger partial charge in [0.15, 0.2) is 0 Å². The van der Waals surface area contributed by atoms with Crippen LogP contribution in [0, 0.1) is 0 Å². The summed E-state index contributed by atoms with van der Waals surface area (Å²) < 4.78 is 1.95. The van der Waals surface area contributed by atoms with Crippen molar-refractivity contribution in [3.05, 3.63) is 47.8 Å². The van der Waals surface area contributed by atoms with E-state index in [0.717, 1.165) is 18.6 Å². The zero-order chi connectivity index (χ0) is 14.4. The highest BCUT2D eigenvalue weighted by Crippen LogP contribution is 2.23. The Hall–Kier alpha value is -1.26. The van der Waals surface area contributed by atoms with Crippen molar-refractivity contribution in [1.82, 2.24) is 15.1 Å². The molecule has 0 saturated carbocycles. The first-order valence-corrected chi connectivity index (χ1v) is 8.10. The van der Waals surface area contributed by atoms with Crippen LogP contribution in [0.4, 0.5) is 0 Å². The zero-order valence-corrected chi connectivity index (χ0v) is 13.3. The highest BCUT2D eigenvalue weighted by atomic mass is 32.2. The number of rotatable bonds is 7. The molecule has 2 rings (SSSR count). The molecule has 0 fully saturated rings. The van der Waals surface area contributed by atoms with Crippen LogP contribution in [0.25, 0.3) is 0 Å². The Labute approximate surface area is 125 Å². The predicted molar refractivity (Wildman–Crippen MR) is 86.2 cm³/mol. The lowest BCUT2D eigenvalue weighted by Crippen LogP contribution is -2.17. The van der Waals surface area contributed by atoms with Crippen LogP contribution in [0.15, 0.2) is 41.4 Å². The van der Waals surface area contributed by atoms with Crippen molar-refractivity contribution in [3.8, 4) is 0 Å². The first kappa shape index (κ1) is 15.1. The smallest absolute Gasteiger partial charge is 0.0492 e. The molecule has 1 atom stereocenters. The number of thioether (sulfide) groups is 1. The largest absolute Gasteiger partial charge is 0.313 e. The number of aromatic nitrogens is 2. The number of benzene rings is 1. The summed E-state index contributed by atoms with van der Waals surface area (Å²) in [5.74, 6) is 1.12. The van der Waals surface area contributed by atoms with Crippen LogP contribution < -0.4 is 5.32 Å². The Morgan fingerprint density at radius 1 is 1.25 bits per heavy atom. The van der Waals surface area contributed by atoms with E-state index in [-0.39, 0.29) is 0 Å². The van der Waals surface area contributed by atoms with Gasteiger partial charge in [0.2, 0.25) is 0 Å². The van der Waals surface area contributed by atoms with Gasteiger partial charge in [0.1, 0.15) is 0 Å². The third-order valence-corrected chi connectivity index (χ3v) is 4.45. The van der Waals surface area contributed by atoms with Gasteiger partial charge in [0, 0.05) is 29.9 Å². The summed E-state index contributed by atoms with van der Waals surface area (Å²) in [5, 5.41) is 7.63. The second kappa shape index (κ2) is 7.50. The van der Waals surface area contributed by atoms with Gasteiger partial charge in [-0.25, -0.2) is 0 Å². The predicted octanol–water partition coefficient (Wildman–Crippen LogP) is 3.43. The molecule has 1 aromatic heterocycles. The first-order valence-electron chi connectivity index (χ1n) is 7.11. The van der Waals surface area contributed by atoms with E-state index in [4.69, 9.17) is 0 Å². The fraction of sp³-hybridized carbons (Fsp3) is 0.438. The van der Waals surface area contributed by atoms with E-state index in [1.807, 2.05) is 36.7 Å². The van der Waals surface area contributed by atoms with E-state index >= 15 is 0 Å². The zero-order valence-electron chi connectivity index (χ0n) is 12.5. The van der Waals surface area contributed by atoms with Gasteiger partial charge >= 0.3 is 0 Å². The molecule has 20 heavy (non-hydrogen) atoms. The summed E-state index contributed by atoms with van der Waals surface area (Å²) in [6, 6.07) is 11.4. The van der Waals surface area contributed by atoms with Crippen LogP contribution >= 0.6 is 11.8 Å². The number of nitrogens with zero attached hydrogens (tertiary/aromatic N) is 2. The summed E-state index contributed by atoms with van der Waals surface area (Å²) in [4.78, 5) is 1.35. The molecule has 0 amide bonds. The summed E-state index contributed by atoms with van der Waals surface area (Å²) in [6.45, 7) is 2.18. The maximum absolute atomic E-state index is 4.22. The fourth-order valence-electron chi connectivity index (χ4n) is 2.38. The Morgan fingerprint density at radius 2 is 2.00 bits per heavy atom. The Morgan fingerprint density at radius 3 is 2.55 bits per heavy atom. The van der Waals surface area contributed by atoms with Crippen LogP contribution in [-0.2, 0) is 13.5 Å². The molecule has 1 unspecified atom stereocenters. The molecule has 0 aliphatic carbocycles. The lowest BCUT2D eigenvalue weighted by atomic mass is 10.0. The summed E-state index contributed by atoms with van der Waals surface area (Å²) in [6.07, 6.45) is 3.98. The minimum atomic E-state index is 0.394. The van der Waals surface area contributed by atoms with Crippen molar-refractivity contribution in [2.45, 2.75) is 30.7 Å². The maximum atomic E-state index is 4.22. The molecule has 3 nitrogen and oxygen atoms in total. The van der Waals surface area contributed by atoms with Crippen LogP contribution in [0.1, 0.15) is 30.6 Å². The number of hydrogen-bond donors (Lipinski definition) is 1. The molecule has 1 N–H and O–H groups in total. The van der Waals surface area contributed by atoms with Gasteiger partial charge in [-0.05, 0) is 49.4 Å². The van der Waals surface area contributed by atoms with E-state index in [1.54, 1.807) is 0 Å². The van der Waals surface area contributed by atoms with Crippen LogP contribution in [0.5, 0.6) is 0 Å². The van der Waals surface area contributed by atoms with E-state index in [2.05, 4.69) is 47.7 Å². The van der Waals surface area contributed by atoms with E-state index in [0.29, 0.717) is 6.04 Å². The minimum absolute atomic E-state index is 0.394. The fourth-order valence-corrected chi connectivity index (χ4v) is 3.04. The van der Waals surface area contributed by atoms with Crippen molar-refractivity contribution in [2.24, 2.45) is 7.05 Å². The van der Waals surface area contributed by atoms with E-state index in [1.165, 1.54) is 16.2 Å². The molecular weight excluding hydrogens is 266 g/mol. The van der Waals surface area contributed by atoms with Gasteiger partial charge in [-0.15, -0.1) is 11.8 Å². The standard InChI is InChI=1S/C16H23N3S/c1-4-20-15-8-5-13(6-9-15)16(17-2)10-7-14-11-12-18-19(14)3/h5-6,8-9,11-12,16-17H,4,7,10H2,1-3H3. The lowest BCUT2D eigenvalue weighted by molar-refractivity contribution is 0.535. The summed E-state index contributed by atoms with van der Waals surface area (Å²) in [5.41, 5.74) is 2.64.